The van der Waals surface area contributed by atoms with E-state index < -0.39 is 7.26 Å². The average Bonchev–Trinajstić information content (AvgIpc) is 2.54. The third-order valence-corrected chi connectivity index (χ3v) is 14.6. The standard InChI is InChI=1S/C24H53P/c1-8-9-10-11-12-13-14-15-16-17-18-19-20-21-25(22(2)3,23(4)5)24(6)7/h22-25H,8-21H2,1-7H3. The van der Waals surface area contributed by atoms with E-state index in [1.54, 1.807) is 6.16 Å². The number of unbranched alkanes of at least 4 members (excludes halogenated alkanes) is 12. The third kappa shape index (κ3) is 10.4. The van der Waals surface area contributed by atoms with Crippen LogP contribution in [0.5, 0.6) is 0 Å². The molecule has 25 heavy (non-hydrogen) atoms. The summed E-state index contributed by atoms with van der Waals surface area (Å²) in [5.41, 5.74) is 2.81. The molecule has 0 aromatic carbocycles. The summed E-state index contributed by atoms with van der Waals surface area (Å²) in [7, 11) is -1.13. The number of hydrogen-bond donors (Lipinski definition) is 0. The van der Waals surface area contributed by atoms with Gasteiger partial charge in [-0.05, 0) is 0 Å². The second kappa shape index (κ2) is 15.5. The molecule has 0 unspecified atom stereocenters. The Morgan fingerprint density at radius 2 is 0.720 bits per heavy atom. The Morgan fingerprint density at radius 1 is 0.440 bits per heavy atom. The van der Waals surface area contributed by atoms with Crippen molar-refractivity contribution in [1.29, 1.82) is 0 Å². The van der Waals surface area contributed by atoms with Crippen molar-refractivity contribution in [3.8, 4) is 0 Å². The summed E-state index contributed by atoms with van der Waals surface area (Å²) in [6, 6.07) is 0. The molecule has 0 saturated carbocycles. The van der Waals surface area contributed by atoms with Crippen molar-refractivity contribution in [3.05, 3.63) is 0 Å². The second-order valence-electron chi connectivity index (χ2n) is 9.57. The fourth-order valence-electron chi connectivity index (χ4n) is 5.31. The third-order valence-electron chi connectivity index (χ3n) is 6.94. The first-order valence-electron chi connectivity index (χ1n) is 11.9. The van der Waals surface area contributed by atoms with Gasteiger partial charge in [0.15, 0.2) is 0 Å². The van der Waals surface area contributed by atoms with Gasteiger partial charge in [0.1, 0.15) is 0 Å². The number of hydrogen-bond acceptors (Lipinski definition) is 0. The molecule has 154 valence electrons. The molecule has 0 heterocycles. The molecule has 0 amide bonds. The van der Waals surface area contributed by atoms with Gasteiger partial charge in [-0.3, -0.25) is 0 Å². The monoisotopic (exact) mass is 372 g/mol. The van der Waals surface area contributed by atoms with Crippen LogP contribution in [0.15, 0.2) is 0 Å². The predicted molar refractivity (Wildman–Crippen MR) is 124 cm³/mol. The SMILES string of the molecule is CCCCCCCCCCCCCCC[PH](C(C)C)(C(C)C)C(C)C. The topological polar surface area (TPSA) is 0 Å². The van der Waals surface area contributed by atoms with Gasteiger partial charge in [-0.1, -0.05) is 19.8 Å². The van der Waals surface area contributed by atoms with Crippen LogP contribution in [-0.2, 0) is 0 Å². The Labute approximate surface area is 162 Å². The molecule has 0 rings (SSSR count). The van der Waals surface area contributed by atoms with Gasteiger partial charge >= 0.3 is 143 Å². The molecule has 0 aromatic rings. The summed E-state index contributed by atoms with van der Waals surface area (Å²) in [6.45, 7) is 17.4. The maximum absolute atomic E-state index is 2.51. The summed E-state index contributed by atoms with van der Waals surface area (Å²) in [6.07, 6.45) is 20.7. The minimum absolute atomic E-state index is 0.935. The van der Waals surface area contributed by atoms with Gasteiger partial charge in [0.05, 0.1) is 0 Å². The molecule has 0 radical (unpaired) electrons. The van der Waals surface area contributed by atoms with Gasteiger partial charge in [-0.2, -0.15) is 0 Å². The van der Waals surface area contributed by atoms with Crippen LogP contribution in [-0.4, -0.2) is 23.1 Å². The van der Waals surface area contributed by atoms with Crippen molar-refractivity contribution in [2.24, 2.45) is 0 Å². The zero-order valence-electron chi connectivity index (χ0n) is 19.1. The first kappa shape index (κ1) is 25.4. The van der Waals surface area contributed by atoms with Crippen molar-refractivity contribution in [1.82, 2.24) is 0 Å². The van der Waals surface area contributed by atoms with Gasteiger partial charge in [0.2, 0.25) is 0 Å². The van der Waals surface area contributed by atoms with Gasteiger partial charge in [0, 0.05) is 0 Å². The van der Waals surface area contributed by atoms with Gasteiger partial charge in [-0.15, -0.1) is 0 Å². The van der Waals surface area contributed by atoms with Crippen molar-refractivity contribution in [2.45, 2.75) is 149 Å². The molecule has 0 aliphatic heterocycles. The molecule has 0 nitrogen and oxygen atoms in total. The zero-order valence-corrected chi connectivity index (χ0v) is 20.1. The van der Waals surface area contributed by atoms with E-state index in [0.29, 0.717) is 0 Å². The molecule has 0 bridgehead atoms. The molecule has 1 heteroatoms. The molecular formula is C24H53P. The fraction of sp³-hybridized carbons (Fsp3) is 1.00. The van der Waals surface area contributed by atoms with E-state index in [1.165, 1.54) is 83.5 Å². The summed E-state index contributed by atoms with van der Waals surface area (Å²) >= 11 is 0. The van der Waals surface area contributed by atoms with E-state index in [-0.39, 0.29) is 0 Å². The van der Waals surface area contributed by atoms with Crippen LogP contribution in [0.1, 0.15) is 132 Å². The Morgan fingerprint density at radius 3 is 1.00 bits per heavy atom. The summed E-state index contributed by atoms with van der Waals surface area (Å²) < 4.78 is 0. The quantitative estimate of drug-likeness (QED) is 0.176. The van der Waals surface area contributed by atoms with Crippen LogP contribution in [0, 0.1) is 0 Å². The normalized spacial score (nSPS) is 13.4. The van der Waals surface area contributed by atoms with Crippen LogP contribution in [0.3, 0.4) is 0 Å². The van der Waals surface area contributed by atoms with Gasteiger partial charge in [-0.25, -0.2) is 0 Å². The first-order chi connectivity index (χ1) is 11.9. The van der Waals surface area contributed by atoms with E-state index >= 15 is 0 Å². The van der Waals surface area contributed by atoms with Crippen molar-refractivity contribution >= 4 is 7.26 Å². The summed E-state index contributed by atoms with van der Waals surface area (Å²) in [5, 5.41) is 0. The first-order valence-corrected chi connectivity index (χ1v) is 14.3. The van der Waals surface area contributed by atoms with Gasteiger partial charge < -0.3 is 0 Å². The molecule has 0 fully saturated rings. The molecule has 0 aromatic heterocycles. The summed E-state index contributed by atoms with van der Waals surface area (Å²) in [4.78, 5) is 0. The van der Waals surface area contributed by atoms with Crippen molar-refractivity contribution < 1.29 is 0 Å². The average molecular weight is 373 g/mol. The predicted octanol–water partition coefficient (Wildman–Crippen LogP) is 9.05. The zero-order chi connectivity index (χ0) is 19.1. The van der Waals surface area contributed by atoms with Crippen LogP contribution in [0.2, 0.25) is 0 Å². The molecule has 0 aliphatic carbocycles. The number of rotatable bonds is 17. The molecule has 0 saturated heterocycles. The van der Waals surface area contributed by atoms with Crippen molar-refractivity contribution in [2.75, 3.05) is 6.16 Å². The molecule has 0 atom stereocenters. The van der Waals surface area contributed by atoms with E-state index in [1.807, 2.05) is 0 Å². The summed E-state index contributed by atoms with van der Waals surface area (Å²) in [5.74, 6) is 0. The maximum atomic E-state index is 2.51. The molecule has 0 N–H and O–H groups in total. The molecular weight excluding hydrogens is 319 g/mol. The minimum atomic E-state index is -1.13. The van der Waals surface area contributed by atoms with Crippen LogP contribution >= 0.6 is 7.26 Å². The Bertz CT molecular complexity index is 258. The van der Waals surface area contributed by atoms with Crippen LogP contribution < -0.4 is 0 Å². The van der Waals surface area contributed by atoms with E-state index in [9.17, 15) is 0 Å². The van der Waals surface area contributed by atoms with Crippen LogP contribution in [0.4, 0.5) is 0 Å². The van der Waals surface area contributed by atoms with Crippen LogP contribution in [0.25, 0.3) is 0 Å². The van der Waals surface area contributed by atoms with Crippen molar-refractivity contribution in [3.63, 3.8) is 0 Å². The molecule has 0 aliphatic rings. The fourth-order valence-corrected chi connectivity index (χ4v) is 11.9. The van der Waals surface area contributed by atoms with Gasteiger partial charge in [0.25, 0.3) is 0 Å². The van der Waals surface area contributed by atoms with E-state index in [4.69, 9.17) is 0 Å². The Kier molecular flexibility index (Phi) is 15.8. The Balaban J connectivity index is 3.68. The Hall–Kier alpha value is 0.430. The second-order valence-corrected chi connectivity index (χ2v) is 15.8. The van der Waals surface area contributed by atoms with E-state index in [0.717, 1.165) is 17.0 Å². The molecule has 0 spiro atoms. The van der Waals surface area contributed by atoms with E-state index in [2.05, 4.69) is 48.5 Å².